The van der Waals surface area contributed by atoms with E-state index < -0.39 is 5.91 Å². The SMILES string of the molecule is CCOC(=O)c1c(NC(=S)NC(=O)/C=C/c2ccc(OC)c(OC)c2)sc2c1CCC2. The molecule has 0 radical (unpaired) electrons. The summed E-state index contributed by atoms with van der Waals surface area (Å²) in [6, 6.07) is 5.33. The number of amides is 1. The molecule has 1 heterocycles. The van der Waals surface area contributed by atoms with Crippen LogP contribution in [0.1, 0.15) is 39.7 Å². The first-order valence-electron chi connectivity index (χ1n) is 9.80. The van der Waals surface area contributed by atoms with Gasteiger partial charge in [0.05, 0.1) is 26.4 Å². The largest absolute Gasteiger partial charge is 0.493 e. The Hall–Kier alpha value is -2.91. The fourth-order valence-corrected chi connectivity index (χ4v) is 4.88. The molecule has 1 aromatic heterocycles. The topological polar surface area (TPSA) is 85.9 Å². The maximum absolute atomic E-state index is 12.4. The van der Waals surface area contributed by atoms with Crippen molar-refractivity contribution in [2.75, 3.05) is 26.1 Å². The van der Waals surface area contributed by atoms with Crippen molar-refractivity contribution in [1.29, 1.82) is 0 Å². The first kappa shape index (κ1) is 22.8. The van der Waals surface area contributed by atoms with Crippen LogP contribution in [0.4, 0.5) is 5.00 Å². The molecule has 0 atom stereocenters. The van der Waals surface area contributed by atoms with Crippen LogP contribution in [0.25, 0.3) is 6.08 Å². The molecule has 1 aliphatic rings. The lowest BCUT2D eigenvalue weighted by Crippen LogP contribution is -2.33. The highest BCUT2D eigenvalue weighted by Crippen LogP contribution is 2.39. The molecule has 0 saturated carbocycles. The molecule has 0 fully saturated rings. The summed E-state index contributed by atoms with van der Waals surface area (Å²) in [4.78, 5) is 25.9. The summed E-state index contributed by atoms with van der Waals surface area (Å²) in [5.74, 6) is 0.412. The lowest BCUT2D eigenvalue weighted by Gasteiger charge is -2.10. The van der Waals surface area contributed by atoms with E-state index in [-0.39, 0.29) is 11.1 Å². The first-order chi connectivity index (χ1) is 15.0. The van der Waals surface area contributed by atoms with E-state index >= 15 is 0 Å². The smallest absolute Gasteiger partial charge is 0.341 e. The molecular weight excluding hydrogens is 436 g/mol. The Morgan fingerprint density at radius 2 is 1.97 bits per heavy atom. The summed E-state index contributed by atoms with van der Waals surface area (Å²) in [6.45, 7) is 2.07. The number of anilines is 1. The van der Waals surface area contributed by atoms with Gasteiger partial charge in [-0.1, -0.05) is 6.07 Å². The molecule has 1 aromatic carbocycles. The van der Waals surface area contributed by atoms with E-state index in [1.165, 1.54) is 17.4 Å². The fraction of sp³-hybridized carbons (Fsp3) is 0.318. The molecule has 0 aliphatic heterocycles. The number of hydrogen-bond donors (Lipinski definition) is 2. The molecule has 0 bridgehead atoms. The molecule has 0 spiro atoms. The van der Waals surface area contributed by atoms with Gasteiger partial charge < -0.3 is 19.5 Å². The molecule has 164 valence electrons. The van der Waals surface area contributed by atoms with Crippen LogP contribution < -0.4 is 20.1 Å². The van der Waals surface area contributed by atoms with E-state index in [0.29, 0.717) is 28.7 Å². The third kappa shape index (κ3) is 5.42. The third-order valence-electron chi connectivity index (χ3n) is 4.70. The molecular formula is C22H24N2O5S2. The molecule has 2 N–H and O–H groups in total. The van der Waals surface area contributed by atoms with Gasteiger partial charge >= 0.3 is 5.97 Å². The maximum atomic E-state index is 12.4. The van der Waals surface area contributed by atoms with Crippen LogP contribution in [0, 0.1) is 0 Å². The number of carbonyl (C=O) groups excluding carboxylic acids is 2. The van der Waals surface area contributed by atoms with E-state index in [1.807, 2.05) is 0 Å². The van der Waals surface area contributed by atoms with Gasteiger partial charge in [0, 0.05) is 11.0 Å². The highest BCUT2D eigenvalue weighted by molar-refractivity contribution is 7.80. The average molecular weight is 461 g/mol. The fourth-order valence-electron chi connectivity index (χ4n) is 3.33. The molecule has 0 unspecified atom stereocenters. The number of aryl methyl sites for hydroxylation is 1. The molecule has 2 aromatic rings. The Balaban J connectivity index is 1.65. The van der Waals surface area contributed by atoms with Crippen molar-refractivity contribution in [1.82, 2.24) is 5.32 Å². The minimum Gasteiger partial charge on any atom is -0.493 e. The van der Waals surface area contributed by atoms with Gasteiger partial charge in [-0.2, -0.15) is 0 Å². The van der Waals surface area contributed by atoms with Crippen LogP contribution >= 0.6 is 23.6 Å². The lowest BCUT2D eigenvalue weighted by molar-refractivity contribution is -0.115. The zero-order valence-corrected chi connectivity index (χ0v) is 19.2. The summed E-state index contributed by atoms with van der Waals surface area (Å²) >= 11 is 6.76. The Morgan fingerprint density at radius 3 is 2.68 bits per heavy atom. The lowest BCUT2D eigenvalue weighted by atomic mass is 10.1. The van der Waals surface area contributed by atoms with Gasteiger partial charge in [-0.15, -0.1) is 11.3 Å². The Kier molecular flexibility index (Phi) is 7.64. The van der Waals surface area contributed by atoms with Crippen molar-refractivity contribution < 1.29 is 23.8 Å². The van der Waals surface area contributed by atoms with Gasteiger partial charge in [-0.25, -0.2) is 4.79 Å². The molecule has 1 aliphatic carbocycles. The van der Waals surface area contributed by atoms with Crippen LogP contribution in [0.2, 0.25) is 0 Å². The number of thiocarbonyl (C=S) groups is 1. The van der Waals surface area contributed by atoms with E-state index in [1.54, 1.807) is 45.4 Å². The highest BCUT2D eigenvalue weighted by atomic mass is 32.1. The summed E-state index contributed by atoms with van der Waals surface area (Å²) in [7, 11) is 3.11. The Morgan fingerprint density at radius 1 is 1.19 bits per heavy atom. The van der Waals surface area contributed by atoms with E-state index in [9.17, 15) is 9.59 Å². The van der Waals surface area contributed by atoms with Gasteiger partial charge in [0.15, 0.2) is 16.6 Å². The van der Waals surface area contributed by atoms with Crippen molar-refractivity contribution in [3.63, 3.8) is 0 Å². The molecule has 7 nitrogen and oxygen atoms in total. The van der Waals surface area contributed by atoms with Gasteiger partial charge in [0.1, 0.15) is 5.00 Å². The number of hydrogen-bond acceptors (Lipinski definition) is 7. The van der Waals surface area contributed by atoms with Crippen LogP contribution in [0.5, 0.6) is 11.5 Å². The first-order valence-corrected chi connectivity index (χ1v) is 11.0. The van der Waals surface area contributed by atoms with Gasteiger partial charge in [-0.05, 0) is 67.7 Å². The van der Waals surface area contributed by atoms with Crippen molar-refractivity contribution in [3.8, 4) is 11.5 Å². The summed E-state index contributed by atoms with van der Waals surface area (Å²) < 4.78 is 15.7. The number of esters is 1. The number of nitrogens with one attached hydrogen (secondary N) is 2. The number of thiophene rings is 1. The maximum Gasteiger partial charge on any atom is 0.341 e. The summed E-state index contributed by atoms with van der Waals surface area (Å²) in [6.07, 6.45) is 5.81. The number of benzene rings is 1. The monoisotopic (exact) mass is 460 g/mol. The van der Waals surface area contributed by atoms with E-state index in [0.717, 1.165) is 35.3 Å². The van der Waals surface area contributed by atoms with Crippen LogP contribution in [-0.2, 0) is 22.4 Å². The minimum absolute atomic E-state index is 0.118. The van der Waals surface area contributed by atoms with Gasteiger partial charge in [-0.3, -0.25) is 10.1 Å². The highest BCUT2D eigenvalue weighted by Gasteiger charge is 2.28. The zero-order valence-electron chi connectivity index (χ0n) is 17.6. The quantitative estimate of drug-likeness (QED) is 0.367. The number of rotatable bonds is 7. The van der Waals surface area contributed by atoms with Gasteiger partial charge in [0.2, 0.25) is 5.91 Å². The number of fused-ring (bicyclic) bond motifs is 1. The minimum atomic E-state index is -0.394. The van der Waals surface area contributed by atoms with Crippen molar-refractivity contribution >= 4 is 51.6 Å². The standard InChI is InChI=1S/C22H24N2O5S2/c1-4-29-21(26)19-14-6-5-7-17(14)31-20(19)24-22(30)23-18(25)11-9-13-8-10-15(27-2)16(12-13)28-3/h8-12H,4-7H2,1-3H3,(H2,23,24,25,30)/b11-9+. The van der Waals surface area contributed by atoms with Crippen molar-refractivity contribution in [2.45, 2.75) is 26.2 Å². The predicted octanol–water partition coefficient (Wildman–Crippen LogP) is 3.96. The predicted molar refractivity (Wildman–Crippen MR) is 125 cm³/mol. The zero-order chi connectivity index (χ0) is 22.4. The molecule has 9 heteroatoms. The summed E-state index contributed by atoms with van der Waals surface area (Å²) in [5, 5.41) is 6.32. The average Bonchev–Trinajstić information content (AvgIpc) is 3.32. The molecule has 1 amide bonds. The number of ether oxygens (including phenoxy) is 3. The van der Waals surface area contributed by atoms with Crippen molar-refractivity contribution in [3.05, 3.63) is 45.8 Å². The summed E-state index contributed by atoms with van der Waals surface area (Å²) in [5.41, 5.74) is 2.32. The van der Waals surface area contributed by atoms with Crippen molar-refractivity contribution in [2.24, 2.45) is 0 Å². The van der Waals surface area contributed by atoms with E-state index in [4.69, 9.17) is 26.4 Å². The van der Waals surface area contributed by atoms with Crippen LogP contribution in [-0.4, -0.2) is 37.8 Å². The Labute approximate surface area is 190 Å². The third-order valence-corrected chi connectivity index (χ3v) is 6.11. The second kappa shape index (κ2) is 10.4. The van der Waals surface area contributed by atoms with Gasteiger partial charge in [0.25, 0.3) is 0 Å². The second-order valence-corrected chi connectivity index (χ2v) is 8.19. The Bertz CT molecular complexity index is 1030. The molecule has 31 heavy (non-hydrogen) atoms. The number of carbonyl (C=O) groups is 2. The normalized spacial score (nSPS) is 12.4. The van der Waals surface area contributed by atoms with Crippen LogP contribution in [0.3, 0.4) is 0 Å². The molecule has 3 rings (SSSR count). The molecule has 0 saturated heterocycles. The number of methoxy groups -OCH3 is 2. The second-order valence-electron chi connectivity index (χ2n) is 6.67. The van der Waals surface area contributed by atoms with Crippen LogP contribution in [0.15, 0.2) is 24.3 Å². The van der Waals surface area contributed by atoms with E-state index in [2.05, 4.69) is 10.6 Å².